The van der Waals surface area contributed by atoms with E-state index in [1.165, 1.54) is 55.2 Å². The molecule has 0 atom stereocenters. The van der Waals surface area contributed by atoms with Crippen molar-refractivity contribution in [2.75, 3.05) is 0 Å². The number of hydrogen-bond donors (Lipinski definition) is 0. The van der Waals surface area contributed by atoms with Gasteiger partial charge in [-0.2, -0.15) is 0 Å². The van der Waals surface area contributed by atoms with Crippen LogP contribution in [-0.2, 0) is 6.42 Å². The first-order chi connectivity index (χ1) is 24.8. The summed E-state index contributed by atoms with van der Waals surface area (Å²) in [5.74, 6) is 1.96. The summed E-state index contributed by atoms with van der Waals surface area (Å²) in [4.78, 5) is 14.8. The van der Waals surface area contributed by atoms with Crippen LogP contribution in [0.25, 0.3) is 83.9 Å². The predicted octanol–water partition coefficient (Wildman–Crippen LogP) is 11.2. The van der Waals surface area contributed by atoms with Crippen LogP contribution in [0.5, 0.6) is 0 Å². The molecule has 1 aliphatic carbocycles. The van der Waals surface area contributed by atoms with Gasteiger partial charge in [-0.25, -0.2) is 15.0 Å². The van der Waals surface area contributed by atoms with Crippen LogP contribution < -0.4 is 0 Å². The third-order valence-corrected chi connectivity index (χ3v) is 9.90. The van der Waals surface area contributed by atoms with Crippen molar-refractivity contribution in [1.29, 1.82) is 0 Å². The van der Waals surface area contributed by atoms with Crippen molar-refractivity contribution >= 4 is 21.8 Å². The van der Waals surface area contributed by atoms with Gasteiger partial charge in [0, 0.05) is 39.6 Å². The highest BCUT2D eigenvalue weighted by atomic mass is 15.0. The number of benzene rings is 7. The van der Waals surface area contributed by atoms with Crippen LogP contribution in [0.15, 0.2) is 170 Å². The Bertz CT molecular complexity index is 2640. The Balaban J connectivity index is 1.15. The first kappa shape index (κ1) is 28.4. The van der Waals surface area contributed by atoms with E-state index in [1.54, 1.807) is 0 Å². The van der Waals surface area contributed by atoms with Gasteiger partial charge in [0.25, 0.3) is 0 Å². The Morgan fingerprint density at radius 3 is 1.58 bits per heavy atom. The fraction of sp³-hybridized carbons (Fsp3) is 0.0217. The average molecular weight is 639 g/mol. The quantitative estimate of drug-likeness (QED) is 0.188. The van der Waals surface area contributed by atoms with Crippen molar-refractivity contribution in [3.8, 4) is 62.1 Å². The highest BCUT2D eigenvalue weighted by Crippen LogP contribution is 2.45. The second kappa shape index (κ2) is 11.5. The molecule has 2 aromatic heterocycles. The summed E-state index contributed by atoms with van der Waals surface area (Å²) in [7, 11) is 0. The Morgan fingerprint density at radius 1 is 0.400 bits per heavy atom. The van der Waals surface area contributed by atoms with Crippen LogP contribution in [0.4, 0.5) is 0 Å². The molecule has 50 heavy (non-hydrogen) atoms. The minimum Gasteiger partial charge on any atom is -0.309 e. The van der Waals surface area contributed by atoms with E-state index < -0.39 is 0 Å². The van der Waals surface area contributed by atoms with Crippen molar-refractivity contribution in [3.05, 3.63) is 181 Å². The predicted molar refractivity (Wildman–Crippen MR) is 204 cm³/mol. The molecular formula is C46H30N4. The topological polar surface area (TPSA) is 43.6 Å². The maximum absolute atomic E-state index is 4.97. The third-order valence-electron chi connectivity index (χ3n) is 9.90. The Kier molecular flexibility index (Phi) is 6.53. The van der Waals surface area contributed by atoms with Gasteiger partial charge in [0.15, 0.2) is 17.5 Å². The third kappa shape index (κ3) is 4.65. The minimum atomic E-state index is 0.648. The minimum absolute atomic E-state index is 0.648. The summed E-state index contributed by atoms with van der Waals surface area (Å²) in [5.41, 5.74) is 14.3. The fourth-order valence-electron chi connectivity index (χ4n) is 7.51. The molecule has 10 rings (SSSR count). The summed E-state index contributed by atoms with van der Waals surface area (Å²) in [6.45, 7) is 0. The van der Waals surface area contributed by atoms with Gasteiger partial charge in [-0.15, -0.1) is 0 Å². The molecule has 0 spiro atoms. The molecule has 0 N–H and O–H groups in total. The summed E-state index contributed by atoms with van der Waals surface area (Å²) in [6.07, 6.45) is 0.915. The van der Waals surface area contributed by atoms with E-state index >= 15 is 0 Å². The molecule has 0 saturated heterocycles. The molecule has 0 amide bonds. The molecule has 7 aromatic carbocycles. The highest BCUT2D eigenvalue weighted by Gasteiger charge is 2.25. The molecule has 4 nitrogen and oxygen atoms in total. The monoisotopic (exact) mass is 638 g/mol. The lowest BCUT2D eigenvalue weighted by Crippen LogP contribution is -2.01. The van der Waals surface area contributed by atoms with Gasteiger partial charge >= 0.3 is 0 Å². The maximum atomic E-state index is 4.97. The first-order valence-electron chi connectivity index (χ1n) is 17.0. The van der Waals surface area contributed by atoms with E-state index in [2.05, 4.69) is 114 Å². The van der Waals surface area contributed by atoms with E-state index in [1.807, 2.05) is 60.7 Å². The number of fused-ring (bicyclic) bond motifs is 7. The van der Waals surface area contributed by atoms with E-state index in [0.29, 0.717) is 17.5 Å². The van der Waals surface area contributed by atoms with E-state index in [0.717, 1.165) is 28.8 Å². The lowest BCUT2D eigenvalue weighted by Gasteiger charge is -2.12. The molecule has 0 bridgehead atoms. The molecule has 0 saturated carbocycles. The number of nitrogens with zero attached hydrogens (tertiary/aromatic N) is 4. The molecule has 234 valence electrons. The highest BCUT2D eigenvalue weighted by molar-refractivity contribution is 6.13. The molecule has 1 aliphatic rings. The standard InChI is InChI=1S/C46H30N4/c1-4-12-30(13-5-1)34-22-27-42-40(28-34)39-26-25-38-37-19-11-10-18-35(37)29-41(38)43(39)50(42)36-23-20-33(21-24-36)46-48-44(31-14-6-2-7-15-31)47-45(49-46)32-16-8-3-9-17-32/h1-28H,29H2. The summed E-state index contributed by atoms with van der Waals surface area (Å²) in [6, 6.07) is 59.9. The molecule has 2 heterocycles. The van der Waals surface area contributed by atoms with Crippen LogP contribution >= 0.6 is 0 Å². The van der Waals surface area contributed by atoms with Crippen molar-refractivity contribution in [1.82, 2.24) is 19.5 Å². The van der Waals surface area contributed by atoms with Gasteiger partial charge in [-0.3, -0.25) is 0 Å². The van der Waals surface area contributed by atoms with Crippen LogP contribution in [0.1, 0.15) is 11.1 Å². The SMILES string of the molecule is c1ccc(-c2ccc3c(c2)c2ccc4c(c2n3-c2ccc(-c3nc(-c5ccccc5)nc(-c5ccccc5)n3)cc2)Cc2ccccc2-4)cc1. The molecule has 0 radical (unpaired) electrons. The van der Waals surface area contributed by atoms with Crippen molar-refractivity contribution in [2.45, 2.75) is 6.42 Å². The average Bonchev–Trinajstić information content (AvgIpc) is 3.74. The second-order valence-electron chi connectivity index (χ2n) is 12.8. The zero-order chi connectivity index (χ0) is 33.0. The fourth-order valence-corrected chi connectivity index (χ4v) is 7.51. The molecule has 4 heteroatoms. The van der Waals surface area contributed by atoms with Crippen LogP contribution in [0.2, 0.25) is 0 Å². The summed E-state index contributed by atoms with van der Waals surface area (Å²) < 4.78 is 2.45. The van der Waals surface area contributed by atoms with Crippen molar-refractivity contribution < 1.29 is 0 Å². The van der Waals surface area contributed by atoms with Gasteiger partial charge in [-0.1, -0.05) is 133 Å². The van der Waals surface area contributed by atoms with Gasteiger partial charge in [0.05, 0.1) is 11.0 Å². The molecule has 0 unspecified atom stereocenters. The lowest BCUT2D eigenvalue weighted by atomic mass is 10.0. The molecule has 0 aliphatic heterocycles. The van der Waals surface area contributed by atoms with E-state index in [4.69, 9.17) is 15.0 Å². The summed E-state index contributed by atoms with van der Waals surface area (Å²) in [5, 5.41) is 2.52. The van der Waals surface area contributed by atoms with Crippen molar-refractivity contribution in [3.63, 3.8) is 0 Å². The van der Waals surface area contributed by atoms with E-state index in [9.17, 15) is 0 Å². The largest absolute Gasteiger partial charge is 0.309 e. The zero-order valence-corrected chi connectivity index (χ0v) is 27.2. The molecule has 0 fully saturated rings. The normalized spacial score (nSPS) is 11.9. The van der Waals surface area contributed by atoms with Crippen molar-refractivity contribution in [2.24, 2.45) is 0 Å². The Labute approximate surface area is 290 Å². The number of rotatable bonds is 5. The Hall–Kier alpha value is -6.65. The Morgan fingerprint density at radius 2 is 0.940 bits per heavy atom. The number of hydrogen-bond acceptors (Lipinski definition) is 3. The number of aromatic nitrogens is 4. The first-order valence-corrected chi connectivity index (χ1v) is 17.0. The van der Waals surface area contributed by atoms with Crippen LogP contribution in [0, 0.1) is 0 Å². The van der Waals surface area contributed by atoms with Crippen LogP contribution in [0.3, 0.4) is 0 Å². The maximum Gasteiger partial charge on any atom is 0.164 e. The van der Waals surface area contributed by atoms with Gasteiger partial charge in [0.2, 0.25) is 0 Å². The van der Waals surface area contributed by atoms with Gasteiger partial charge in [0.1, 0.15) is 0 Å². The molecular weight excluding hydrogens is 609 g/mol. The lowest BCUT2D eigenvalue weighted by molar-refractivity contribution is 1.07. The zero-order valence-electron chi connectivity index (χ0n) is 27.2. The van der Waals surface area contributed by atoms with Gasteiger partial charge < -0.3 is 4.57 Å². The van der Waals surface area contributed by atoms with E-state index in [-0.39, 0.29) is 0 Å². The van der Waals surface area contributed by atoms with Gasteiger partial charge in [-0.05, 0) is 69.8 Å². The smallest absolute Gasteiger partial charge is 0.164 e. The van der Waals surface area contributed by atoms with Crippen LogP contribution in [-0.4, -0.2) is 19.5 Å². The molecule has 9 aromatic rings. The second-order valence-corrected chi connectivity index (χ2v) is 12.8. The summed E-state index contributed by atoms with van der Waals surface area (Å²) >= 11 is 0.